The second-order valence-electron chi connectivity index (χ2n) is 4.82. The minimum Gasteiger partial charge on any atom is -0.387 e. The van der Waals surface area contributed by atoms with Gasteiger partial charge in [-0.25, -0.2) is 0 Å². The van der Waals surface area contributed by atoms with Crippen LogP contribution in [0.5, 0.6) is 0 Å². The number of rotatable bonds is 3. The van der Waals surface area contributed by atoms with Crippen LogP contribution in [0, 0.1) is 6.92 Å². The van der Waals surface area contributed by atoms with Crippen molar-refractivity contribution < 1.29 is 4.84 Å². The lowest BCUT2D eigenvalue weighted by Gasteiger charge is -2.16. The lowest BCUT2D eigenvalue weighted by Crippen LogP contribution is -2.26. The van der Waals surface area contributed by atoms with Gasteiger partial charge in [0.1, 0.15) is 5.04 Å². The molecule has 1 heterocycles. The van der Waals surface area contributed by atoms with Crippen LogP contribution in [-0.4, -0.2) is 16.5 Å². The molecule has 1 aliphatic heterocycles. The Morgan fingerprint density at radius 2 is 2.11 bits per heavy atom. The molecule has 0 spiro atoms. The maximum absolute atomic E-state index is 6.21. The van der Waals surface area contributed by atoms with Crippen LogP contribution >= 0.6 is 46.6 Å². The lowest BCUT2D eigenvalue weighted by atomic mass is 10.1. The SMILES string of the molecule is Cc1cc(Cl)c(CSC2=NOC(C)(CCl)C2)cc1Cl. The topological polar surface area (TPSA) is 21.6 Å². The van der Waals surface area contributed by atoms with E-state index in [2.05, 4.69) is 5.16 Å². The highest BCUT2D eigenvalue weighted by atomic mass is 35.5. The third-order valence-corrected chi connectivity index (χ3v) is 5.23. The van der Waals surface area contributed by atoms with Crippen LogP contribution in [0.25, 0.3) is 0 Å². The Balaban J connectivity index is 1.99. The number of thioether (sulfide) groups is 1. The molecule has 19 heavy (non-hydrogen) atoms. The van der Waals surface area contributed by atoms with Crippen LogP contribution in [0.1, 0.15) is 24.5 Å². The van der Waals surface area contributed by atoms with Gasteiger partial charge in [-0.2, -0.15) is 0 Å². The largest absolute Gasteiger partial charge is 0.387 e. The predicted molar refractivity (Wildman–Crippen MR) is 84.8 cm³/mol. The van der Waals surface area contributed by atoms with Crippen LogP contribution in [0.4, 0.5) is 0 Å². The van der Waals surface area contributed by atoms with Gasteiger partial charge in [-0.1, -0.05) is 28.4 Å². The van der Waals surface area contributed by atoms with Crippen molar-refractivity contribution in [1.82, 2.24) is 0 Å². The first-order valence-corrected chi connectivity index (χ1v) is 8.09. The predicted octanol–water partition coefficient (Wildman–Crippen LogP) is 5.27. The molecule has 2 nitrogen and oxygen atoms in total. The van der Waals surface area contributed by atoms with E-state index in [0.717, 1.165) is 38.4 Å². The van der Waals surface area contributed by atoms with Gasteiger partial charge in [0.2, 0.25) is 0 Å². The van der Waals surface area contributed by atoms with Crippen LogP contribution in [0.15, 0.2) is 17.3 Å². The maximum atomic E-state index is 6.21. The summed E-state index contributed by atoms with van der Waals surface area (Å²) in [6, 6.07) is 3.79. The van der Waals surface area contributed by atoms with Gasteiger partial charge in [0.05, 0.1) is 5.88 Å². The van der Waals surface area contributed by atoms with Crippen molar-refractivity contribution in [3.63, 3.8) is 0 Å². The molecule has 104 valence electrons. The minimum atomic E-state index is -0.376. The number of oxime groups is 1. The molecule has 1 unspecified atom stereocenters. The van der Waals surface area contributed by atoms with E-state index >= 15 is 0 Å². The van der Waals surface area contributed by atoms with Gasteiger partial charge in [0, 0.05) is 22.2 Å². The van der Waals surface area contributed by atoms with Gasteiger partial charge in [-0.15, -0.1) is 23.4 Å². The Hall–Kier alpha value is -0.0900. The molecule has 0 fully saturated rings. The Morgan fingerprint density at radius 3 is 2.74 bits per heavy atom. The van der Waals surface area contributed by atoms with Crippen LogP contribution in [-0.2, 0) is 10.6 Å². The van der Waals surface area contributed by atoms with E-state index in [1.807, 2.05) is 26.0 Å². The molecule has 1 aromatic rings. The second-order valence-corrected chi connectivity index (χ2v) is 6.95. The average molecular weight is 339 g/mol. The molecule has 0 N–H and O–H groups in total. The summed E-state index contributed by atoms with van der Waals surface area (Å²) in [5.74, 6) is 1.15. The number of hydrogen-bond acceptors (Lipinski definition) is 3. The van der Waals surface area contributed by atoms with Crippen LogP contribution in [0.3, 0.4) is 0 Å². The lowest BCUT2D eigenvalue weighted by molar-refractivity contribution is 0.0152. The summed E-state index contributed by atoms with van der Waals surface area (Å²) in [4.78, 5) is 5.34. The fraction of sp³-hybridized carbons (Fsp3) is 0.462. The number of aryl methyl sites for hydroxylation is 1. The molecule has 1 aromatic carbocycles. The number of hydrogen-bond donors (Lipinski definition) is 0. The third-order valence-electron chi connectivity index (χ3n) is 2.90. The standard InChI is InChI=1S/C13H14Cl3NOS/c1-8-3-11(16)9(4-10(8)15)6-19-12-5-13(2,7-14)18-17-12/h3-4H,5-7H2,1-2H3. The number of halogens is 3. The van der Waals surface area contributed by atoms with Gasteiger partial charge >= 0.3 is 0 Å². The minimum absolute atomic E-state index is 0.376. The van der Waals surface area contributed by atoms with Crippen molar-refractivity contribution in [2.24, 2.45) is 5.16 Å². The molecule has 6 heteroatoms. The van der Waals surface area contributed by atoms with E-state index in [9.17, 15) is 0 Å². The molecular formula is C13H14Cl3NOS. The number of benzene rings is 1. The quantitative estimate of drug-likeness (QED) is 0.701. The molecule has 1 atom stereocenters. The summed E-state index contributed by atoms with van der Waals surface area (Å²) in [5.41, 5.74) is 1.61. The zero-order valence-corrected chi connectivity index (χ0v) is 13.8. The summed E-state index contributed by atoms with van der Waals surface area (Å²) < 4.78 is 0. The molecular weight excluding hydrogens is 325 g/mol. The third kappa shape index (κ3) is 3.72. The molecule has 2 rings (SSSR count). The van der Waals surface area contributed by atoms with Gasteiger partial charge in [0.25, 0.3) is 0 Å². The molecule has 0 aromatic heterocycles. The number of alkyl halides is 1. The maximum Gasteiger partial charge on any atom is 0.154 e. The molecule has 0 aliphatic carbocycles. The van der Waals surface area contributed by atoms with Crippen molar-refractivity contribution in [3.05, 3.63) is 33.3 Å². The highest BCUT2D eigenvalue weighted by Crippen LogP contribution is 2.33. The fourth-order valence-electron chi connectivity index (χ4n) is 1.65. The van der Waals surface area contributed by atoms with Gasteiger partial charge < -0.3 is 4.84 Å². The smallest absolute Gasteiger partial charge is 0.154 e. The molecule has 0 radical (unpaired) electrons. The summed E-state index contributed by atoms with van der Waals surface area (Å²) >= 11 is 19.8. The van der Waals surface area contributed by atoms with Crippen molar-refractivity contribution >= 4 is 51.6 Å². The van der Waals surface area contributed by atoms with Gasteiger partial charge in [0.15, 0.2) is 5.60 Å². The Morgan fingerprint density at radius 1 is 1.37 bits per heavy atom. The monoisotopic (exact) mass is 337 g/mol. The summed E-state index contributed by atoms with van der Waals surface area (Å²) in [6.07, 6.45) is 0.735. The van der Waals surface area contributed by atoms with E-state index in [4.69, 9.17) is 39.6 Å². The van der Waals surface area contributed by atoms with E-state index in [1.165, 1.54) is 0 Å². The highest BCUT2D eigenvalue weighted by molar-refractivity contribution is 8.13. The van der Waals surface area contributed by atoms with Crippen LogP contribution in [0.2, 0.25) is 10.0 Å². The fourth-order valence-corrected chi connectivity index (χ4v) is 3.41. The Labute approximate surface area is 132 Å². The second kappa shape index (κ2) is 6.13. The van der Waals surface area contributed by atoms with Crippen LogP contribution < -0.4 is 0 Å². The molecule has 0 amide bonds. The summed E-state index contributed by atoms with van der Waals surface area (Å²) in [7, 11) is 0. The van der Waals surface area contributed by atoms with Crippen molar-refractivity contribution in [2.45, 2.75) is 31.6 Å². The highest BCUT2D eigenvalue weighted by Gasteiger charge is 2.33. The molecule has 1 aliphatic rings. The summed E-state index contributed by atoms with van der Waals surface area (Å²) in [5, 5.41) is 6.47. The van der Waals surface area contributed by atoms with E-state index < -0.39 is 0 Å². The summed E-state index contributed by atoms with van der Waals surface area (Å²) in [6.45, 7) is 3.89. The van der Waals surface area contributed by atoms with Gasteiger partial charge in [-0.05, 0) is 37.1 Å². The van der Waals surface area contributed by atoms with E-state index in [1.54, 1.807) is 11.8 Å². The number of nitrogens with zero attached hydrogens (tertiary/aromatic N) is 1. The molecule has 0 saturated heterocycles. The Kier molecular flexibility index (Phi) is 4.93. The normalized spacial score (nSPS) is 22.3. The van der Waals surface area contributed by atoms with Crippen molar-refractivity contribution in [1.29, 1.82) is 0 Å². The van der Waals surface area contributed by atoms with Crippen molar-refractivity contribution in [3.8, 4) is 0 Å². The van der Waals surface area contributed by atoms with Crippen molar-refractivity contribution in [2.75, 3.05) is 5.88 Å². The first-order valence-electron chi connectivity index (χ1n) is 5.82. The van der Waals surface area contributed by atoms with E-state index in [0.29, 0.717) is 5.88 Å². The van der Waals surface area contributed by atoms with Gasteiger partial charge in [-0.3, -0.25) is 0 Å². The zero-order valence-electron chi connectivity index (χ0n) is 10.7. The van der Waals surface area contributed by atoms with E-state index in [-0.39, 0.29) is 5.60 Å². The average Bonchev–Trinajstić information content (AvgIpc) is 2.75. The molecule has 0 saturated carbocycles. The first kappa shape index (κ1) is 15.3. The molecule has 0 bridgehead atoms. The Bertz CT molecular complexity index is 521. The first-order chi connectivity index (χ1) is 8.93. The zero-order chi connectivity index (χ0) is 14.0.